The third-order valence-corrected chi connectivity index (χ3v) is 5.06. The van der Waals surface area contributed by atoms with Crippen LogP contribution in [0.4, 0.5) is 0 Å². The Morgan fingerprint density at radius 3 is 2.27 bits per heavy atom. The minimum atomic E-state index is -0.00258. The van der Waals surface area contributed by atoms with Gasteiger partial charge in [0.2, 0.25) is 11.8 Å². The molecule has 1 amide bonds. The molecule has 4 rings (SSSR count). The monoisotopic (exact) mass is 397 g/mol. The molecule has 0 aliphatic heterocycles. The third kappa shape index (κ3) is 4.15. The number of rotatable bonds is 5. The summed E-state index contributed by atoms with van der Waals surface area (Å²) in [5.41, 5.74) is 5.88. The average molecular weight is 397 g/mol. The predicted molar refractivity (Wildman–Crippen MR) is 117 cm³/mol. The van der Waals surface area contributed by atoms with Crippen LogP contribution in [0.5, 0.6) is 0 Å². The van der Waals surface area contributed by atoms with Gasteiger partial charge in [0.05, 0.1) is 0 Å². The van der Waals surface area contributed by atoms with Gasteiger partial charge in [0.25, 0.3) is 5.91 Å². The minimum absolute atomic E-state index is 0.00258. The van der Waals surface area contributed by atoms with E-state index in [1.165, 1.54) is 0 Å². The summed E-state index contributed by atoms with van der Waals surface area (Å²) in [4.78, 5) is 14.5. The Balaban J connectivity index is 1.55. The Hall–Kier alpha value is -3.73. The van der Waals surface area contributed by atoms with Gasteiger partial charge in [-0.25, -0.2) is 0 Å². The SMILES string of the molecule is Cc1nnc(-c2ccc(C)c(-c3ccc(C(=O)N(C)Cc4ccccc4)cc3)c2)o1. The van der Waals surface area contributed by atoms with Crippen LogP contribution in [0.25, 0.3) is 22.6 Å². The standard InChI is InChI=1S/C25H23N3O2/c1-17-9-10-22(24-27-26-18(2)30-24)15-23(17)20-11-13-21(14-12-20)25(29)28(3)16-19-7-5-4-6-8-19/h4-15H,16H2,1-3H3. The Labute approximate surface area is 176 Å². The largest absolute Gasteiger partial charge is 0.421 e. The number of hydrogen-bond donors (Lipinski definition) is 0. The van der Waals surface area contributed by atoms with Gasteiger partial charge in [-0.3, -0.25) is 4.79 Å². The van der Waals surface area contributed by atoms with Crippen molar-refractivity contribution in [2.45, 2.75) is 20.4 Å². The minimum Gasteiger partial charge on any atom is -0.421 e. The van der Waals surface area contributed by atoms with Crippen molar-refractivity contribution in [1.82, 2.24) is 15.1 Å². The summed E-state index contributed by atoms with van der Waals surface area (Å²) >= 11 is 0. The molecule has 0 spiro atoms. The molecule has 0 N–H and O–H groups in total. The average Bonchev–Trinajstić information content (AvgIpc) is 3.21. The van der Waals surface area contributed by atoms with Gasteiger partial charge in [-0.15, -0.1) is 10.2 Å². The first-order valence-corrected chi connectivity index (χ1v) is 9.82. The van der Waals surface area contributed by atoms with Crippen LogP contribution in [-0.2, 0) is 6.54 Å². The lowest BCUT2D eigenvalue weighted by atomic mass is 9.97. The number of benzene rings is 3. The highest BCUT2D eigenvalue weighted by Gasteiger charge is 2.14. The van der Waals surface area contributed by atoms with Gasteiger partial charge in [-0.05, 0) is 53.4 Å². The Kier molecular flexibility index (Phi) is 5.44. The lowest BCUT2D eigenvalue weighted by Gasteiger charge is -2.17. The van der Waals surface area contributed by atoms with Crippen LogP contribution in [-0.4, -0.2) is 28.1 Å². The quantitative estimate of drug-likeness (QED) is 0.459. The summed E-state index contributed by atoms with van der Waals surface area (Å²) in [5, 5.41) is 8.01. The number of aryl methyl sites for hydroxylation is 2. The highest BCUT2D eigenvalue weighted by atomic mass is 16.4. The number of hydrogen-bond acceptors (Lipinski definition) is 4. The summed E-state index contributed by atoms with van der Waals surface area (Å²) in [7, 11) is 1.82. The maximum Gasteiger partial charge on any atom is 0.253 e. The zero-order chi connectivity index (χ0) is 21.1. The number of amides is 1. The Morgan fingerprint density at radius 1 is 0.900 bits per heavy atom. The van der Waals surface area contributed by atoms with E-state index in [0.717, 1.165) is 27.8 Å². The topological polar surface area (TPSA) is 59.2 Å². The molecule has 0 fully saturated rings. The fourth-order valence-electron chi connectivity index (χ4n) is 3.42. The maximum absolute atomic E-state index is 12.8. The zero-order valence-corrected chi connectivity index (χ0v) is 17.3. The van der Waals surface area contributed by atoms with E-state index in [9.17, 15) is 4.79 Å². The molecule has 5 heteroatoms. The van der Waals surface area contributed by atoms with E-state index in [1.54, 1.807) is 11.8 Å². The van der Waals surface area contributed by atoms with E-state index in [0.29, 0.717) is 23.9 Å². The van der Waals surface area contributed by atoms with Crippen molar-refractivity contribution in [3.8, 4) is 22.6 Å². The fourth-order valence-corrected chi connectivity index (χ4v) is 3.42. The molecule has 0 atom stereocenters. The highest BCUT2D eigenvalue weighted by molar-refractivity contribution is 5.94. The number of carbonyl (C=O) groups excluding carboxylic acids is 1. The summed E-state index contributed by atoms with van der Waals surface area (Å²) in [6.07, 6.45) is 0. The normalized spacial score (nSPS) is 10.8. The number of carbonyl (C=O) groups is 1. The first-order chi connectivity index (χ1) is 14.5. The van der Waals surface area contributed by atoms with E-state index in [4.69, 9.17) is 4.42 Å². The van der Waals surface area contributed by atoms with Crippen molar-refractivity contribution in [1.29, 1.82) is 0 Å². The molecule has 3 aromatic carbocycles. The molecule has 0 aliphatic carbocycles. The van der Waals surface area contributed by atoms with Crippen molar-refractivity contribution >= 4 is 5.91 Å². The van der Waals surface area contributed by atoms with E-state index < -0.39 is 0 Å². The van der Waals surface area contributed by atoms with Gasteiger partial charge in [0, 0.05) is 31.6 Å². The molecule has 4 aromatic rings. The molecule has 1 heterocycles. The second-order valence-corrected chi connectivity index (χ2v) is 7.38. The van der Waals surface area contributed by atoms with Crippen LogP contribution < -0.4 is 0 Å². The second kappa shape index (κ2) is 8.33. The van der Waals surface area contributed by atoms with E-state index in [2.05, 4.69) is 17.1 Å². The number of aromatic nitrogens is 2. The Bertz CT molecular complexity index is 1160. The lowest BCUT2D eigenvalue weighted by molar-refractivity contribution is 0.0785. The van der Waals surface area contributed by atoms with Crippen molar-refractivity contribution < 1.29 is 9.21 Å². The lowest BCUT2D eigenvalue weighted by Crippen LogP contribution is -2.26. The first-order valence-electron chi connectivity index (χ1n) is 9.82. The fraction of sp³-hybridized carbons (Fsp3) is 0.160. The van der Waals surface area contributed by atoms with Crippen LogP contribution in [0, 0.1) is 13.8 Å². The summed E-state index contributed by atoms with van der Waals surface area (Å²) < 4.78 is 5.55. The maximum atomic E-state index is 12.8. The van der Waals surface area contributed by atoms with Gasteiger partial charge < -0.3 is 9.32 Å². The van der Waals surface area contributed by atoms with Crippen molar-refractivity contribution in [2.75, 3.05) is 7.05 Å². The Morgan fingerprint density at radius 2 is 1.60 bits per heavy atom. The molecule has 0 aliphatic rings. The van der Waals surface area contributed by atoms with Gasteiger partial charge >= 0.3 is 0 Å². The molecule has 150 valence electrons. The summed E-state index contributed by atoms with van der Waals surface area (Å²) in [6, 6.07) is 23.7. The van der Waals surface area contributed by atoms with Gasteiger partial charge in [-0.2, -0.15) is 0 Å². The van der Waals surface area contributed by atoms with E-state index in [1.807, 2.05) is 79.8 Å². The molecule has 1 aromatic heterocycles. The van der Waals surface area contributed by atoms with Crippen LogP contribution in [0.2, 0.25) is 0 Å². The summed E-state index contributed by atoms with van der Waals surface area (Å²) in [6.45, 7) is 4.41. The van der Waals surface area contributed by atoms with Crippen LogP contribution >= 0.6 is 0 Å². The molecule has 0 bridgehead atoms. The van der Waals surface area contributed by atoms with Gasteiger partial charge in [0.1, 0.15) is 0 Å². The van der Waals surface area contributed by atoms with Gasteiger partial charge in [-0.1, -0.05) is 48.5 Å². The smallest absolute Gasteiger partial charge is 0.253 e. The molecule has 0 unspecified atom stereocenters. The molecule has 0 radical (unpaired) electrons. The molecule has 30 heavy (non-hydrogen) atoms. The van der Waals surface area contributed by atoms with Gasteiger partial charge in [0.15, 0.2) is 0 Å². The van der Waals surface area contributed by atoms with E-state index >= 15 is 0 Å². The second-order valence-electron chi connectivity index (χ2n) is 7.38. The van der Waals surface area contributed by atoms with Crippen LogP contribution in [0.3, 0.4) is 0 Å². The summed E-state index contributed by atoms with van der Waals surface area (Å²) in [5.74, 6) is 1.04. The predicted octanol–water partition coefficient (Wildman–Crippen LogP) is 5.29. The highest BCUT2D eigenvalue weighted by Crippen LogP contribution is 2.29. The first kappa shape index (κ1) is 19.6. The van der Waals surface area contributed by atoms with Crippen molar-refractivity contribution in [2.24, 2.45) is 0 Å². The molecular weight excluding hydrogens is 374 g/mol. The van der Waals surface area contributed by atoms with E-state index in [-0.39, 0.29) is 5.91 Å². The molecule has 0 saturated heterocycles. The van der Waals surface area contributed by atoms with Crippen LogP contribution in [0.1, 0.15) is 27.4 Å². The molecular formula is C25H23N3O2. The molecule has 0 saturated carbocycles. The van der Waals surface area contributed by atoms with Crippen molar-refractivity contribution in [3.63, 3.8) is 0 Å². The van der Waals surface area contributed by atoms with Crippen LogP contribution in [0.15, 0.2) is 77.2 Å². The molecule has 5 nitrogen and oxygen atoms in total. The van der Waals surface area contributed by atoms with Crippen molar-refractivity contribution in [3.05, 3.63) is 95.4 Å². The zero-order valence-electron chi connectivity index (χ0n) is 17.3. The third-order valence-electron chi connectivity index (χ3n) is 5.06. The number of nitrogens with zero attached hydrogens (tertiary/aromatic N) is 3.